The van der Waals surface area contributed by atoms with E-state index in [0.29, 0.717) is 25.5 Å². The number of nitrogens with one attached hydrogen (secondary N) is 1. The smallest absolute Gasteiger partial charge is 0.258 e. The van der Waals surface area contributed by atoms with Crippen LogP contribution < -0.4 is 19.5 Å². The van der Waals surface area contributed by atoms with Crippen LogP contribution in [-0.2, 0) is 11.3 Å². The molecular weight excluding hydrogens is 409 g/mol. The molecule has 23 heavy (non-hydrogen) atoms. The molecule has 0 spiro atoms. The summed E-state index contributed by atoms with van der Waals surface area (Å²) in [6, 6.07) is 13.2. The molecule has 5 nitrogen and oxygen atoms in total. The number of carbonyl (C=O) groups excluding carboxylic acids is 1. The first-order chi connectivity index (χ1) is 11.2. The Balaban J connectivity index is 1.48. The second-order valence-corrected chi connectivity index (χ2v) is 6.24. The van der Waals surface area contributed by atoms with Gasteiger partial charge < -0.3 is 19.5 Å². The number of carbonyl (C=O) groups is 1. The summed E-state index contributed by atoms with van der Waals surface area (Å²) in [6.45, 7) is 1.53. The maximum atomic E-state index is 11.9. The van der Waals surface area contributed by atoms with Crippen molar-refractivity contribution in [3.8, 4) is 17.2 Å². The summed E-state index contributed by atoms with van der Waals surface area (Å²) in [5.74, 6) is 1.98. The number of fused-ring (bicyclic) bond motifs is 1. The number of hydrogen-bond acceptors (Lipinski definition) is 4. The van der Waals surface area contributed by atoms with Gasteiger partial charge in [0, 0.05) is 10.1 Å². The topological polar surface area (TPSA) is 56.8 Å². The van der Waals surface area contributed by atoms with Gasteiger partial charge in [0.1, 0.15) is 19.0 Å². The minimum absolute atomic E-state index is 0.00879. The second kappa shape index (κ2) is 7.54. The third kappa shape index (κ3) is 4.51. The fraction of sp³-hybridized carbons (Fsp3) is 0.235. The van der Waals surface area contributed by atoms with E-state index in [1.807, 2.05) is 42.5 Å². The van der Waals surface area contributed by atoms with Crippen molar-refractivity contribution >= 4 is 28.5 Å². The lowest BCUT2D eigenvalue weighted by Crippen LogP contribution is -2.28. The van der Waals surface area contributed by atoms with E-state index in [2.05, 4.69) is 27.9 Å². The van der Waals surface area contributed by atoms with E-state index < -0.39 is 0 Å². The first-order valence-corrected chi connectivity index (χ1v) is 8.32. The Hall–Kier alpha value is -1.96. The van der Waals surface area contributed by atoms with Crippen molar-refractivity contribution < 1.29 is 19.0 Å². The maximum absolute atomic E-state index is 11.9. The van der Waals surface area contributed by atoms with Crippen molar-refractivity contribution in [1.82, 2.24) is 5.32 Å². The molecule has 2 aromatic carbocycles. The van der Waals surface area contributed by atoms with E-state index in [-0.39, 0.29) is 12.5 Å². The zero-order chi connectivity index (χ0) is 16.1. The molecule has 0 radical (unpaired) electrons. The van der Waals surface area contributed by atoms with E-state index in [9.17, 15) is 4.79 Å². The van der Waals surface area contributed by atoms with Gasteiger partial charge in [0.05, 0.1) is 0 Å². The Labute approximate surface area is 148 Å². The normalized spacial score (nSPS) is 12.6. The van der Waals surface area contributed by atoms with Crippen molar-refractivity contribution in [2.45, 2.75) is 6.54 Å². The predicted octanol–water partition coefficient (Wildman–Crippen LogP) is 2.76. The zero-order valence-corrected chi connectivity index (χ0v) is 14.5. The van der Waals surface area contributed by atoms with Gasteiger partial charge in [-0.05, 0) is 64.6 Å². The third-order valence-electron chi connectivity index (χ3n) is 3.28. The molecule has 1 aliphatic rings. The van der Waals surface area contributed by atoms with Gasteiger partial charge in [0.15, 0.2) is 18.1 Å². The summed E-state index contributed by atoms with van der Waals surface area (Å²) in [6.07, 6.45) is 0. The zero-order valence-electron chi connectivity index (χ0n) is 12.4. The lowest BCUT2D eigenvalue weighted by molar-refractivity contribution is -0.123. The highest BCUT2D eigenvalue weighted by Gasteiger charge is 2.12. The minimum Gasteiger partial charge on any atom is -0.486 e. The van der Waals surface area contributed by atoms with Gasteiger partial charge >= 0.3 is 0 Å². The number of amides is 1. The molecule has 0 saturated heterocycles. The molecule has 1 heterocycles. The fourth-order valence-corrected chi connectivity index (χ4v) is 2.49. The van der Waals surface area contributed by atoms with Crippen LogP contribution in [0.15, 0.2) is 42.5 Å². The van der Waals surface area contributed by atoms with Crippen molar-refractivity contribution in [2.75, 3.05) is 19.8 Å². The Morgan fingerprint density at radius 3 is 2.61 bits per heavy atom. The molecular formula is C17H16INO4. The lowest BCUT2D eigenvalue weighted by Gasteiger charge is -2.19. The number of hydrogen-bond donors (Lipinski definition) is 1. The standard InChI is InChI=1S/C17H16INO4/c18-13-2-4-14(5-3-13)23-11-17(20)19-10-12-1-6-15-16(9-12)22-8-7-21-15/h1-6,9H,7-8,10-11H2,(H,19,20). The molecule has 1 amide bonds. The van der Waals surface area contributed by atoms with Gasteiger partial charge in [-0.2, -0.15) is 0 Å². The van der Waals surface area contributed by atoms with Crippen LogP contribution in [0, 0.1) is 3.57 Å². The Kier molecular flexibility index (Phi) is 5.22. The van der Waals surface area contributed by atoms with Crippen LogP contribution in [-0.4, -0.2) is 25.7 Å². The highest BCUT2D eigenvalue weighted by atomic mass is 127. The van der Waals surface area contributed by atoms with Gasteiger partial charge in [0.2, 0.25) is 0 Å². The quantitative estimate of drug-likeness (QED) is 0.749. The summed E-state index contributed by atoms with van der Waals surface area (Å²) < 4.78 is 17.6. The maximum Gasteiger partial charge on any atom is 0.258 e. The molecule has 120 valence electrons. The summed E-state index contributed by atoms with van der Waals surface area (Å²) in [5, 5.41) is 2.83. The first kappa shape index (κ1) is 15.9. The molecule has 0 atom stereocenters. The molecule has 1 N–H and O–H groups in total. The Morgan fingerprint density at radius 1 is 1.09 bits per heavy atom. The molecule has 0 bridgehead atoms. The van der Waals surface area contributed by atoms with Crippen LogP contribution >= 0.6 is 22.6 Å². The van der Waals surface area contributed by atoms with E-state index in [4.69, 9.17) is 14.2 Å². The molecule has 0 fully saturated rings. The van der Waals surface area contributed by atoms with E-state index in [0.717, 1.165) is 20.6 Å². The van der Waals surface area contributed by atoms with E-state index in [1.54, 1.807) is 0 Å². The number of benzene rings is 2. The highest BCUT2D eigenvalue weighted by molar-refractivity contribution is 14.1. The monoisotopic (exact) mass is 425 g/mol. The molecule has 0 saturated carbocycles. The first-order valence-electron chi connectivity index (χ1n) is 7.24. The van der Waals surface area contributed by atoms with Gasteiger partial charge in [0.25, 0.3) is 5.91 Å². The average Bonchev–Trinajstić information content (AvgIpc) is 2.59. The van der Waals surface area contributed by atoms with Crippen LogP contribution in [0.25, 0.3) is 0 Å². The van der Waals surface area contributed by atoms with Crippen molar-refractivity contribution in [3.63, 3.8) is 0 Å². The van der Waals surface area contributed by atoms with E-state index in [1.165, 1.54) is 0 Å². The van der Waals surface area contributed by atoms with Crippen LogP contribution in [0.3, 0.4) is 0 Å². The molecule has 0 aliphatic carbocycles. The highest BCUT2D eigenvalue weighted by Crippen LogP contribution is 2.30. The molecule has 1 aliphatic heterocycles. The molecule has 6 heteroatoms. The molecule has 3 rings (SSSR count). The molecule has 0 aromatic heterocycles. The van der Waals surface area contributed by atoms with E-state index >= 15 is 0 Å². The summed E-state index contributed by atoms with van der Waals surface area (Å²) in [5.41, 5.74) is 0.955. The van der Waals surface area contributed by atoms with Crippen molar-refractivity contribution in [2.24, 2.45) is 0 Å². The Bertz CT molecular complexity index is 687. The third-order valence-corrected chi connectivity index (χ3v) is 4.00. The summed E-state index contributed by atoms with van der Waals surface area (Å²) in [7, 11) is 0. The molecule has 2 aromatic rings. The SMILES string of the molecule is O=C(COc1ccc(I)cc1)NCc1ccc2c(c1)OCCO2. The number of ether oxygens (including phenoxy) is 3. The van der Waals surface area contributed by atoms with Crippen LogP contribution in [0.4, 0.5) is 0 Å². The van der Waals surface area contributed by atoms with Gasteiger partial charge in [-0.15, -0.1) is 0 Å². The van der Waals surface area contributed by atoms with Crippen molar-refractivity contribution in [1.29, 1.82) is 0 Å². The van der Waals surface area contributed by atoms with Crippen LogP contribution in [0.5, 0.6) is 17.2 Å². The fourth-order valence-electron chi connectivity index (χ4n) is 2.13. The Morgan fingerprint density at radius 2 is 1.83 bits per heavy atom. The largest absolute Gasteiger partial charge is 0.486 e. The molecule has 0 unspecified atom stereocenters. The average molecular weight is 425 g/mol. The minimum atomic E-state index is -0.168. The number of halogens is 1. The summed E-state index contributed by atoms with van der Waals surface area (Å²) >= 11 is 2.22. The predicted molar refractivity (Wildman–Crippen MR) is 93.9 cm³/mol. The second-order valence-electron chi connectivity index (χ2n) is 5.00. The van der Waals surface area contributed by atoms with Gasteiger partial charge in [-0.25, -0.2) is 0 Å². The van der Waals surface area contributed by atoms with Crippen LogP contribution in [0.1, 0.15) is 5.56 Å². The number of rotatable bonds is 5. The van der Waals surface area contributed by atoms with Gasteiger partial charge in [-0.3, -0.25) is 4.79 Å². The summed E-state index contributed by atoms with van der Waals surface area (Å²) in [4.78, 5) is 11.9. The van der Waals surface area contributed by atoms with Crippen molar-refractivity contribution in [3.05, 3.63) is 51.6 Å². The van der Waals surface area contributed by atoms with Crippen LogP contribution in [0.2, 0.25) is 0 Å². The lowest BCUT2D eigenvalue weighted by atomic mass is 10.2. The van der Waals surface area contributed by atoms with Gasteiger partial charge in [-0.1, -0.05) is 6.07 Å².